The van der Waals surface area contributed by atoms with Crippen LogP contribution < -0.4 is 15.8 Å². The van der Waals surface area contributed by atoms with Gasteiger partial charge in [0, 0.05) is 12.2 Å². The van der Waals surface area contributed by atoms with Gasteiger partial charge in [0.05, 0.1) is 7.11 Å². The van der Waals surface area contributed by atoms with Gasteiger partial charge in [-0.15, -0.1) is 0 Å². The largest absolute Gasteiger partial charge is 0.496 e. The van der Waals surface area contributed by atoms with E-state index < -0.39 is 0 Å². The SMILES string of the molecule is COc1cccc(N)c1C(=O)NCc1ccccc1C. The summed E-state index contributed by atoms with van der Waals surface area (Å²) in [6.45, 7) is 2.47. The number of carbonyl (C=O) groups excluding carboxylic acids is 1. The number of hydrogen-bond donors (Lipinski definition) is 2. The standard InChI is InChI=1S/C16H18N2O2/c1-11-6-3-4-7-12(11)10-18-16(19)15-13(17)8-5-9-14(15)20-2/h3-9H,10,17H2,1-2H3,(H,18,19). The van der Waals surface area contributed by atoms with Crippen LogP contribution in [-0.4, -0.2) is 13.0 Å². The third-order valence-electron chi connectivity index (χ3n) is 3.21. The van der Waals surface area contributed by atoms with Gasteiger partial charge in [0.25, 0.3) is 5.91 Å². The number of aryl methyl sites for hydroxylation is 1. The second-order valence-corrected chi connectivity index (χ2v) is 4.53. The van der Waals surface area contributed by atoms with Crippen LogP contribution >= 0.6 is 0 Å². The molecular weight excluding hydrogens is 252 g/mol. The molecule has 0 bridgehead atoms. The van der Waals surface area contributed by atoms with Gasteiger partial charge < -0.3 is 15.8 Å². The van der Waals surface area contributed by atoms with Crippen LogP contribution in [0.4, 0.5) is 5.69 Å². The summed E-state index contributed by atoms with van der Waals surface area (Å²) in [5.74, 6) is 0.246. The number of rotatable bonds is 4. The second-order valence-electron chi connectivity index (χ2n) is 4.53. The van der Waals surface area contributed by atoms with E-state index >= 15 is 0 Å². The first-order chi connectivity index (χ1) is 9.63. The molecule has 0 aromatic heterocycles. The zero-order valence-electron chi connectivity index (χ0n) is 11.6. The fourth-order valence-corrected chi connectivity index (χ4v) is 2.03. The molecule has 0 unspecified atom stereocenters. The zero-order chi connectivity index (χ0) is 14.5. The first-order valence-corrected chi connectivity index (χ1v) is 6.38. The van der Waals surface area contributed by atoms with E-state index in [9.17, 15) is 4.79 Å². The van der Waals surface area contributed by atoms with E-state index in [-0.39, 0.29) is 5.91 Å². The predicted molar refractivity (Wildman–Crippen MR) is 79.8 cm³/mol. The highest BCUT2D eigenvalue weighted by Gasteiger charge is 2.15. The first kappa shape index (κ1) is 13.9. The van der Waals surface area contributed by atoms with E-state index in [0.29, 0.717) is 23.5 Å². The average molecular weight is 270 g/mol. The molecule has 0 aliphatic carbocycles. The molecular formula is C16H18N2O2. The topological polar surface area (TPSA) is 64.3 Å². The van der Waals surface area contributed by atoms with Gasteiger partial charge in [-0.1, -0.05) is 30.3 Å². The Hall–Kier alpha value is -2.49. The van der Waals surface area contributed by atoms with Gasteiger partial charge in [0.1, 0.15) is 11.3 Å². The van der Waals surface area contributed by atoms with Crippen molar-refractivity contribution in [2.45, 2.75) is 13.5 Å². The lowest BCUT2D eigenvalue weighted by atomic mass is 10.1. The quantitative estimate of drug-likeness (QED) is 0.839. The van der Waals surface area contributed by atoms with Crippen LogP contribution in [0, 0.1) is 6.92 Å². The summed E-state index contributed by atoms with van der Waals surface area (Å²) in [6.07, 6.45) is 0. The summed E-state index contributed by atoms with van der Waals surface area (Å²) in [4.78, 5) is 12.3. The van der Waals surface area contributed by atoms with Crippen molar-refractivity contribution < 1.29 is 9.53 Å². The molecule has 0 heterocycles. The number of nitrogens with two attached hydrogens (primary N) is 1. The Bertz CT molecular complexity index is 624. The van der Waals surface area contributed by atoms with Gasteiger partial charge in [0.2, 0.25) is 0 Å². The van der Waals surface area contributed by atoms with E-state index in [4.69, 9.17) is 10.5 Å². The number of benzene rings is 2. The minimum atomic E-state index is -0.233. The molecule has 0 fully saturated rings. The molecule has 4 nitrogen and oxygen atoms in total. The number of amides is 1. The van der Waals surface area contributed by atoms with Crippen LogP contribution in [0.2, 0.25) is 0 Å². The monoisotopic (exact) mass is 270 g/mol. The molecule has 0 radical (unpaired) electrons. The summed E-state index contributed by atoms with van der Waals surface area (Å²) in [6, 6.07) is 13.1. The van der Waals surface area contributed by atoms with Crippen LogP contribution in [0.3, 0.4) is 0 Å². The Kier molecular flexibility index (Phi) is 4.25. The molecule has 0 saturated heterocycles. The Morgan fingerprint density at radius 2 is 1.95 bits per heavy atom. The summed E-state index contributed by atoms with van der Waals surface area (Å²) in [5.41, 5.74) is 8.86. The van der Waals surface area contributed by atoms with Gasteiger partial charge >= 0.3 is 0 Å². The van der Waals surface area contributed by atoms with Crippen LogP contribution in [0.25, 0.3) is 0 Å². The lowest BCUT2D eigenvalue weighted by Gasteiger charge is -2.12. The zero-order valence-corrected chi connectivity index (χ0v) is 11.6. The van der Waals surface area contributed by atoms with Gasteiger partial charge in [0.15, 0.2) is 0 Å². The van der Waals surface area contributed by atoms with E-state index in [1.807, 2.05) is 31.2 Å². The van der Waals surface area contributed by atoms with Gasteiger partial charge in [-0.3, -0.25) is 4.79 Å². The predicted octanol–water partition coefficient (Wildman–Crippen LogP) is 2.52. The fourth-order valence-electron chi connectivity index (χ4n) is 2.03. The summed E-state index contributed by atoms with van der Waals surface area (Å²) in [7, 11) is 1.52. The third kappa shape index (κ3) is 2.91. The Morgan fingerprint density at radius 1 is 1.20 bits per heavy atom. The van der Waals surface area contributed by atoms with Crippen molar-refractivity contribution in [1.29, 1.82) is 0 Å². The summed E-state index contributed by atoms with van der Waals surface area (Å²) >= 11 is 0. The molecule has 0 aliphatic rings. The molecule has 1 amide bonds. The fraction of sp³-hybridized carbons (Fsp3) is 0.188. The molecule has 104 valence electrons. The minimum Gasteiger partial charge on any atom is -0.496 e. The highest BCUT2D eigenvalue weighted by atomic mass is 16.5. The van der Waals surface area contributed by atoms with Gasteiger partial charge in [-0.05, 0) is 30.2 Å². The second kappa shape index (κ2) is 6.10. The van der Waals surface area contributed by atoms with Crippen molar-refractivity contribution >= 4 is 11.6 Å². The number of nitrogens with one attached hydrogen (secondary N) is 1. The lowest BCUT2D eigenvalue weighted by molar-refractivity contribution is 0.0949. The summed E-state index contributed by atoms with van der Waals surface area (Å²) in [5, 5.41) is 2.87. The van der Waals surface area contributed by atoms with Crippen LogP contribution in [0.15, 0.2) is 42.5 Å². The Labute approximate surface area is 118 Å². The highest BCUT2D eigenvalue weighted by molar-refractivity contribution is 6.01. The third-order valence-corrected chi connectivity index (χ3v) is 3.21. The number of hydrogen-bond acceptors (Lipinski definition) is 3. The maximum atomic E-state index is 12.3. The molecule has 0 atom stereocenters. The molecule has 3 N–H and O–H groups in total. The molecule has 20 heavy (non-hydrogen) atoms. The minimum absolute atomic E-state index is 0.233. The van der Waals surface area contributed by atoms with E-state index in [2.05, 4.69) is 5.32 Å². The molecule has 4 heteroatoms. The van der Waals surface area contributed by atoms with Gasteiger partial charge in [-0.25, -0.2) is 0 Å². The molecule has 0 saturated carbocycles. The van der Waals surface area contributed by atoms with E-state index in [1.165, 1.54) is 7.11 Å². The normalized spacial score (nSPS) is 10.1. The van der Waals surface area contributed by atoms with Gasteiger partial charge in [-0.2, -0.15) is 0 Å². The average Bonchev–Trinajstić information content (AvgIpc) is 2.45. The summed E-state index contributed by atoms with van der Waals surface area (Å²) < 4.78 is 5.18. The number of methoxy groups -OCH3 is 1. The molecule has 0 spiro atoms. The van der Waals surface area contributed by atoms with Crippen molar-refractivity contribution in [3.63, 3.8) is 0 Å². The molecule has 0 aliphatic heterocycles. The molecule has 2 aromatic carbocycles. The lowest BCUT2D eigenvalue weighted by Crippen LogP contribution is -2.24. The van der Waals surface area contributed by atoms with E-state index in [0.717, 1.165) is 11.1 Å². The maximum Gasteiger partial charge on any atom is 0.257 e. The molecule has 2 aromatic rings. The number of anilines is 1. The van der Waals surface area contributed by atoms with Crippen molar-refractivity contribution in [2.24, 2.45) is 0 Å². The maximum absolute atomic E-state index is 12.3. The van der Waals surface area contributed by atoms with Crippen LogP contribution in [0.5, 0.6) is 5.75 Å². The highest BCUT2D eigenvalue weighted by Crippen LogP contribution is 2.23. The molecule has 2 rings (SSSR count). The van der Waals surface area contributed by atoms with Crippen LogP contribution in [0.1, 0.15) is 21.5 Å². The number of ether oxygens (including phenoxy) is 1. The van der Waals surface area contributed by atoms with Crippen LogP contribution in [-0.2, 0) is 6.54 Å². The number of carbonyl (C=O) groups is 1. The first-order valence-electron chi connectivity index (χ1n) is 6.38. The Morgan fingerprint density at radius 3 is 2.65 bits per heavy atom. The van der Waals surface area contributed by atoms with Crippen molar-refractivity contribution in [2.75, 3.05) is 12.8 Å². The van der Waals surface area contributed by atoms with Crippen molar-refractivity contribution in [3.05, 3.63) is 59.2 Å². The Balaban J connectivity index is 2.15. The van der Waals surface area contributed by atoms with Crippen molar-refractivity contribution in [1.82, 2.24) is 5.32 Å². The van der Waals surface area contributed by atoms with Crippen molar-refractivity contribution in [3.8, 4) is 5.75 Å². The smallest absolute Gasteiger partial charge is 0.257 e. The van der Waals surface area contributed by atoms with E-state index in [1.54, 1.807) is 18.2 Å². The number of nitrogen functional groups attached to an aromatic ring is 1.